The number of carbonyl (C=O) groups excluding carboxylic acids is 3. The minimum absolute atomic E-state index is 0.376. The summed E-state index contributed by atoms with van der Waals surface area (Å²) in [4.78, 5) is 39.0. The van der Waals surface area contributed by atoms with Crippen LogP contribution in [-0.2, 0) is 9.59 Å². The first-order valence-corrected chi connectivity index (χ1v) is 6.69. The Bertz CT molecular complexity index is 669. The molecule has 6 nitrogen and oxygen atoms in total. The Morgan fingerprint density at radius 3 is 1.41 bits per heavy atom. The van der Waals surface area contributed by atoms with Gasteiger partial charge >= 0.3 is 6.03 Å². The van der Waals surface area contributed by atoms with Gasteiger partial charge in [-0.15, -0.1) is 0 Å². The molecular weight excluding hydrogens is 282 g/mol. The smallest absolute Gasteiger partial charge is 0.312 e. The molecule has 0 saturated carbocycles. The van der Waals surface area contributed by atoms with Gasteiger partial charge in [0, 0.05) is 0 Å². The number of barbiturate groups is 1. The van der Waals surface area contributed by atoms with Crippen molar-refractivity contribution >= 4 is 29.2 Å². The molecule has 110 valence electrons. The van der Waals surface area contributed by atoms with E-state index in [0.717, 1.165) is 9.80 Å². The lowest BCUT2D eigenvalue weighted by molar-refractivity contribution is -0.128. The number of nitrogens with zero attached hydrogens (tertiary/aromatic N) is 2. The van der Waals surface area contributed by atoms with E-state index in [2.05, 4.69) is 0 Å². The highest BCUT2D eigenvalue weighted by molar-refractivity contribution is 6.38. The number of imide groups is 2. The van der Waals surface area contributed by atoms with Crippen LogP contribution >= 0.6 is 0 Å². The summed E-state index contributed by atoms with van der Waals surface area (Å²) in [5.41, 5.74) is 6.46. The molecule has 3 rings (SSSR count). The van der Waals surface area contributed by atoms with Crippen LogP contribution in [0.3, 0.4) is 0 Å². The van der Waals surface area contributed by atoms with E-state index in [4.69, 9.17) is 5.73 Å². The molecule has 1 saturated heterocycles. The highest BCUT2D eigenvalue weighted by Gasteiger charge is 2.45. The van der Waals surface area contributed by atoms with Gasteiger partial charge in [0.2, 0.25) is 0 Å². The molecule has 0 unspecified atom stereocenters. The van der Waals surface area contributed by atoms with Gasteiger partial charge in [0.1, 0.15) is 0 Å². The predicted molar refractivity (Wildman–Crippen MR) is 81.2 cm³/mol. The molecule has 1 heterocycles. The molecular formula is C16H13N3O3. The highest BCUT2D eigenvalue weighted by Crippen LogP contribution is 2.25. The van der Waals surface area contributed by atoms with Crippen LogP contribution in [0.15, 0.2) is 60.7 Å². The van der Waals surface area contributed by atoms with Crippen molar-refractivity contribution in [1.29, 1.82) is 0 Å². The number of hydrogen-bond donors (Lipinski definition) is 1. The third kappa shape index (κ3) is 2.15. The van der Waals surface area contributed by atoms with Gasteiger partial charge in [-0.25, -0.2) is 14.6 Å². The van der Waals surface area contributed by atoms with E-state index in [-0.39, 0.29) is 0 Å². The molecule has 0 bridgehead atoms. The number of para-hydroxylation sites is 2. The number of nitrogens with two attached hydrogens (primary N) is 1. The molecule has 1 aliphatic heterocycles. The van der Waals surface area contributed by atoms with Gasteiger partial charge in [0.05, 0.1) is 11.4 Å². The van der Waals surface area contributed by atoms with Crippen LogP contribution < -0.4 is 15.5 Å². The largest absolute Gasteiger partial charge is 0.342 e. The second-order valence-corrected chi connectivity index (χ2v) is 4.78. The van der Waals surface area contributed by atoms with E-state index in [0.29, 0.717) is 11.4 Å². The van der Waals surface area contributed by atoms with E-state index in [9.17, 15) is 14.4 Å². The zero-order valence-corrected chi connectivity index (χ0v) is 11.5. The van der Waals surface area contributed by atoms with E-state index in [1.807, 2.05) is 0 Å². The topological polar surface area (TPSA) is 83.7 Å². The van der Waals surface area contributed by atoms with Gasteiger partial charge in [0.25, 0.3) is 11.8 Å². The van der Waals surface area contributed by atoms with Crippen molar-refractivity contribution in [2.24, 2.45) is 5.73 Å². The van der Waals surface area contributed by atoms with Crippen LogP contribution in [-0.4, -0.2) is 23.9 Å². The lowest BCUT2D eigenvalue weighted by Gasteiger charge is -2.35. The molecule has 2 N–H and O–H groups in total. The Morgan fingerprint density at radius 1 is 0.682 bits per heavy atom. The summed E-state index contributed by atoms with van der Waals surface area (Å²) < 4.78 is 0. The molecule has 4 amide bonds. The summed E-state index contributed by atoms with van der Waals surface area (Å²) in [5, 5.41) is 0. The summed E-state index contributed by atoms with van der Waals surface area (Å²) in [6.45, 7) is 0. The molecule has 22 heavy (non-hydrogen) atoms. The van der Waals surface area contributed by atoms with Crippen molar-refractivity contribution in [1.82, 2.24) is 0 Å². The fourth-order valence-electron chi connectivity index (χ4n) is 2.30. The molecule has 0 radical (unpaired) electrons. The maximum absolute atomic E-state index is 12.6. The van der Waals surface area contributed by atoms with E-state index >= 15 is 0 Å². The first kappa shape index (κ1) is 14.0. The third-order valence-electron chi connectivity index (χ3n) is 3.38. The van der Waals surface area contributed by atoms with Gasteiger partial charge in [0.15, 0.2) is 6.04 Å². The average molecular weight is 295 g/mol. The minimum atomic E-state index is -1.40. The Morgan fingerprint density at radius 2 is 1.05 bits per heavy atom. The van der Waals surface area contributed by atoms with Crippen LogP contribution in [0.1, 0.15) is 0 Å². The van der Waals surface area contributed by atoms with Gasteiger partial charge in [-0.05, 0) is 24.3 Å². The first-order valence-electron chi connectivity index (χ1n) is 6.69. The predicted octanol–water partition coefficient (Wildman–Crippen LogP) is 1.51. The van der Waals surface area contributed by atoms with E-state index < -0.39 is 23.9 Å². The summed E-state index contributed by atoms with van der Waals surface area (Å²) in [7, 11) is 0. The van der Waals surface area contributed by atoms with Crippen LogP contribution in [0.4, 0.5) is 16.2 Å². The summed E-state index contributed by atoms with van der Waals surface area (Å²) in [5.74, 6) is -1.46. The van der Waals surface area contributed by atoms with Gasteiger partial charge in [-0.1, -0.05) is 36.4 Å². The summed E-state index contributed by atoms with van der Waals surface area (Å²) in [6, 6.07) is 14.6. The second kappa shape index (κ2) is 5.42. The number of benzene rings is 2. The molecule has 6 heteroatoms. The Kier molecular flexibility index (Phi) is 3.44. The Hall–Kier alpha value is -2.99. The molecule has 2 aromatic rings. The number of amides is 4. The zero-order chi connectivity index (χ0) is 15.7. The highest BCUT2D eigenvalue weighted by atomic mass is 16.2. The number of urea groups is 1. The van der Waals surface area contributed by atoms with Crippen molar-refractivity contribution in [2.75, 3.05) is 9.80 Å². The van der Waals surface area contributed by atoms with Crippen molar-refractivity contribution in [2.45, 2.75) is 6.04 Å². The van der Waals surface area contributed by atoms with Crippen LogP contribution in [0, 0.1) is 0 Å². The fourth-order valence-corrected chi connectivity index (χ4v) is 2.30. The number of carbonyl (C=O) groups is 3. The normalized spacial score (nSPS) is 16.3. The zero-order valence-electron chi connectivity index (χ0n) is 11.5. The summed E-state index contributed by atoms with van der Waals surface area (Å²) in [6.07, 6.45) is 0. The van der Waals surface area contributed by atoms with E-state index in [1.165, 1.54) is 0 Å². The standard InChI is InChI=1S/C16H13N3O3/c17-13-14(20)18(11-7-3-1-4-8-11)16(22)19(15(13)21)12-9-5-2-6-10-12/h1-10,13H,17H2. The van der Waals surface area contributed by atoms with Crippen molar-refractivity contribution < 1.29 is 14.4 Å². The van der Waals surface area contributed by atoms with E-state index in [1.54, 1.807) is 60.7 Å². The van der Waals surface area contributed by atoms with Crippen LogP contribution in [0.5, 0.6) is 0 Å². The molecule has 0 aromatic heterocycles. The van der Waals surface area contributed by atoms with Gasteiger partial charge in [-0.3, -0.25) is 9.59 Å². The van der Waals surface area contributed by atoms with Crippen molar-refractivity contribution in [3.63, 3.8) is 0 Å². The van der Waals surface area contributed by atoms with Crippen molar-refractivity contribution in [3.8, 4) is 0 Å². The third-order valence-corrected chi connectivity index (χ3v) is 3.38. The van der Waals surface area contributed by atoms with Crippen LogP contribution in [0.2, 0.25) is 0 Å². The lowest BCUT2D eigenvalue weighted by atomic mass is 10.1. The number of anilines is 2. The minimum Gasteiger partial charge on any atom is -0.312 e. The van der Waals surface area contributed by atoms with Crippen LogP contribution in [0.25, 0.3) is 0 Å². The first-order chi connectivity index (χ1) is 10.6. The quantitative estimate of drug-likeness (QED) is 0.851. The summed E-state index contributed by atoms with van der Waals surface area (Å²) >= 11 is 0. The molecule has 1 aliphatic rings. The Balaban J connectivity index is 2.07. The van der Waals surface area contributed by atoms with Gasteiger partial charge < -0.3 is 5.73 Å². The number of hydrogen-bond acceptors (Lipinski definition) is 4. The SMILES string of the molecule is NC1C(=O)N(c2ccccc2)C(=O)N(c2ccccc2)C1=O. The monoisotopic (exact) mass is 295 g/mol. The molecule has 0 atom stereocenters. The fraction of sp³-hybridized carbons (Fsp3) is 0.0625. The lowest BCUT2D eigenvalue weighted by Crippen LogP contribution is -2.65. The average Bonchev–Trinajstić information content (AvgIpc) is 2.55. The van der Waals surface area contributed by atoms with Crippen molar-refractivity contribution in [3.05, 3.63) is 60.7 Å². The maximum atomic E-state index is 12.6. The molecule has 0 aliphatic carbocycles. The molecule has 0 spiro atoms. The van der Waals surface area contributed by atoms with Gasteiger partial charge in [-0.2, -0.15) is 0 Å². The second-order valence-electron chi connectivity index (χ2n) is 4.78. The Labute approximate surface area is 126 Å². The molecule has 1 fully saturated rings. The molecule has 2 aromatic carbocycles. The number of rotatable bonds is 2. The maximum Gasteiger partial charge on any atom is 0.342 e.